The monoisotopic (exact) mass is 247 g/mol. The smallest absolute Gasteiger partial charge is 0.214 e. The van der Waals surface area contributed by atoms with Crippen LogP contribution in [0.4, 0.5) is 10.1 Å². The van der Waals surface area contributed by atoms with E-state index in [9.17, 15) is 12.8 Å². The van der Waals surface area contributed by atoms with Gasteiger partial charge in [0, 0.05) is 31.0 Å². The highest BCUT2D eigenvalue weighted by atomic mass is 32.2. The van der Waals surface area contributed by atoms with Crippen LogP contribution in [0, 0.1) is 5.95 Å². The van der Waals surface area contributed by atoms with Crippen molar-refractivity contribution in [2.45, 2.75) is 6.92 Å². The van der Waals surface area contributed by atoms with E-state index < -0.39 is 16.0 Å². The lowest BCUT2D eigenvalue weighted by atomic mass is 10.4. The van der Waals surface area contributed by atoms with Crippen LogP contribution in [0.15, 0.2) is 18.3 Å². The number of halogens is 1. The summed E-state index contributed by atoms with van der Waals surface area (Å²) in [5.74, 6) is -0.648. The van der Waals surface area contributed by atoms with Crippen molar-refractivity contribution in [3.63, 3.8) is 0 Å². The van der Waals surface area contributed by atoms with Gasteiger partial charge in [-0.1, -0.05) is 6.92 Å². The molecule has 2 N–H and O–H groups in total. The van der Waals surface area contributed by atoms with Gasteiger partial charge >= 0.3 is 0 Å². The van der Waals surface area contributed by atoms with Gasteiger partial charge in [-0.2, -0.15) is 4.39 Å². The maximum absolute atomic E-state index is 12.7. The molecule has 0 atom stereocenters. The molecule has 0 radical (unpaired) electrons. The van der Waals surface area contributed by atoms with Crippen LogP contribution in [-0.4, -0.2) is 32.2 Å². The van der Waals surface area contributed by atoms with Crippen molar-refractivity contribution in [2.24, 2.45) is 0 Å². The molecule has 0 aliphatic rings. The number of anilines is 1. The van der Waals surface area contributed by atoms with Gasteiger partial charge in [-0.15, -0.1) is 0 Å². The van der Waals surface area contributed by atoms with E-state index in [0.29, 0.717) is 12.2 Å². The van der Waals surface area contributed by atoms with E-state index in [0.717, 1.165) is 0 Å². The van der Waals surface area contributed by atoms with E-state index in [-0.39, 0.29) is 12.3 Å². The molecule has 1 rings (SSSR count). The molecule has 0 bridgehead atoms. The first-order valence-electron chi connectivity index (χ1n) is 4.86. The largest absolute Gasteiger partial charge is 0.384 e. The molecule has 1 heterocycles. The van der Waals surface area contributed by atoms with E-state index in [2.05, 4.69) is 15.0 Å². The second-order valence-corrected chi connectivity index (χ2v) is 5.04. The Balaban J connectivity index is 2.42. The number of hydrogen-bond acceptors (Lipinski definition) is 4. The fourth-order valence-electron chi connectivity index (χ4n) is 1.13. The minimum atomic E-state index is -3.23. The van der Waals surface area contributed by atoms with Crippen molar-refractivity contribution in [2.75, 3.05) is 24.2 Å². The summed E-state index contributed by atoms with van der Waals surface area (Å²) in [6.07, 6.45) is 1.32. The minimum Gasteiger partial charge on any atom is -0.384 e. The van der Waals surface area contributed by atoms with Gasteiger partial charge in [0.05, 0.1) is 5.75 Å². The predicted molar refractivity (Wildman–Crippen MR) is 60.1 cm³/mol. The van der Waals surface area contributed by atoms with Crippen molar-refractivity contribution in [3.8, 4) is 0 Å². The van der Waals surface area contributed by atoms with Gasteiger partial charge in [0.1, 0.15) is 0 Å². The maximum atomic E-state index is 12.7. The summed E-state index contributed by atoms with van der Waals surface area (Å²) in [4.78, 5) is 3.39. The van der Waals surface area contributed by atoms with Crippen LogP contribution in [0.25, 0.3) is 0 Å². The highest BCUT2D eigenvalue weighted by Crippen LogP contribution is 2.05. The third-order valence-electron chi connectivity index (χ3n) is 1.79. The lowest BCUT2D eigenvalue weighted by Gasteiger charge is -2.07. The molecule has 0 aromatic carbocycles. The molecular weight excluding hydrogens is 233 g/mol. The molecule has 0 saturated heterocycles. The van der Waals surface area contributed by atoms with E-state index >= 15 is 0 Å². The number of aromatic nitrogens is 1. The Labute approximate surface area is 94.1 Å². The van der Waals surface area contributed by atoms with Crippen molar-refractivity contribution >= 4 is 15.7 Å². The zero-order valence-corrected chi connectivity index (χ0v) is 9.72. The van der Waals surface area contributed by atoms with E-state index in [4.69, 9.17) is 0 Å². The Morgan fingerprint density at radius 3 is 2.88 bits per heavy atom. The quantitative estimate of drug-likeness (QED) is 0.721. The number of nitrogens with one attached hydrogen (secondary N) is 2. The maximum Gasteiger partial charge on any atom is 0.214 e. The third-order valence-corrected chi connectivity index (χ3v) is 3.26. The molecule has 1 aromatic rings. The number of pyridine rings is 1. The summed E-state index contributed by atoms with van der Waals surface area (Å²) in [5.41, 5.74) is 0.513. The minimum absolute atomic E-state index is 0.0508. The van der Waals surface area contributed by atoms with Crippen molar-refractivity contribution in [3.05, 3.63) is 24.3 Å². The Hall–Kier alpha value is -1.21. The normalized spacial score (nSPS) is 11.4. The fraction of sp³-hybridized carbons (Fsp3) is 0.444. The van der Waals surface area contributed by atoms with Gasteiger partial charge in [-0.25, -0.2) is 18.1 Å². The molecule has 90 valence electrons. The number of rotatable bonds is 6. The lowest BCUT2D eigenvalue weighted by Crippen LogP contribution is -2.29. The Morgan fingerprint density at radius 2 is 2.25 bits per heavy atom. The number of hydrogen-bond donors (Lipinski definition) is 2. The SMILES string of the molecule is CCNS(=O)(=O)CCNc1ccnc(F)c1. The summed E-state index contributed by atoms with van der Waals surface area (Å²) in [7, 11) is -3.23. The van der Waals surface area contributed by atoms with Crippen molar-refractivity contribution in [1.82, 2.24) is 9.71 Å². The molecule has 0 amide bonds. The van der Waals surface area contributed by atoms with Gasteiger partial charge in [-0.05, 0) is 6.07 Å². The summed E-state index contributed by atoms with van der Waals surface area (Å²) in [6, 6.07) is 2.78. The second kappa shape index (κ2) is 5.76. The molecule has 0 fully saturated rings. The predicted octanol–water partition coefficient (Wildman–Crippen LogP) is 0.572. The fourth-order valence-corrected chi connectivity index (χ4v) is 2.09. The van der Waals surface area contributed by atoms with E-state index in [1.54, 1.807) is 13.0 Å². The summed E-state index contributed by atoms with van der Waals surface area (Å²) in [5, 5.41) is 2.80. The van der Waals surface area contributed by atoms with Crippen LogP contribution in [0.3, 0.4) is 0 Å². The molecule has 0 aliphatic heterocycles. The Morgan fingerprint density at radius 1 is 1.50 bits per heavy atom. The molecular formula is C9H14FN3O2S. The topological polar surface area (TPSA) is 71.1 Å². The summed E-state index contributed by atoms with van der Waals surface area (Å²) >= 11 is 0. The standard InChI is InChI=1S/C9H14FN3O2S/c1-2-13-16(14,15)6-5-11-8-3-4-12-9(10)7-8/h3-4,7,13H,2,5-6H2,1H3,(H,11,12). The first-order valence-corrected chi connectivity index (χ1v) is 6.51. The van der Waals surface area contributed by atoms with E-state index in [1.165, 1.54) is 12.3 Å². The third kappa shape index (κ3) is 4.54. The Bertz CT molecular complexity index is 436. The highest BCUT2D eigenvalue weighted by Gasteiger charge is 2.07. The van der Waals surface area contributed by atoms with Crippen LogP contribution in [-0.2, 0) is 10.0 Å². The first-order chi connectivity index (χ1) is 7.53. The molecule has 0 aliphatic carbocycles. The number of nitrogens with zero attached hydrogens (tertiary/aromatic N) is 1. The average molecular weight is 247 g/mol. The molecule has 7 heteroatoms. The summed E-state index contributed by atoms with van der Waals surface area (Å²) in [6.45, 7) is 2.30. The van der Waals surface area contributed by atoms with Crippen molar-refractivity contribution < 1.29 is 12.8 Å². The van der Waals surface area contributed by atoms with Crippen LogP contribution in [0.1, 0.15) is 6.92 Å². The second-order valence-electron chi connectivity index (χ2n) is 3.11. The molecule has 0 unspecified atom stereocenters. The Kier molecular flexibility index (Phi) is 4.63. The average Bonchev–Trinajstić information content (AvgIpc) is 2.17. The zero-order valence-electron chi connectivity index (χ0n) is 8.90. The van der Waals surface area contributed by atoms with Gasteiger partial charge in [-0.3, -0.25) is 0 Å². The van der Waals surface area contributed by atoms with Crippen LogP contribution < -0.4 is 10.0 Å². The first kappa shape index (κ1) is 12.9. The van der Waals surface area contributed by atoms with Gasteiger partial charge < -0.3 is 5.32 Å². The van der Waals surface area contributed by atoms with Gasteiger partial charge in [0.2, 0.25) is 16.0 Å². The van der Waals surface area contributed by atoms with Gasteiger partial charge in [0.25, 0.3) is 0 Å². The molecule has 16 heavy (non-hydrogen) atoms. The molecule has 0 spiro atoms. The summed E-state index contributed by atoms with van der Waals surface area (Å²) < 4.78 is 37.5. The van der Waals surface area contributed by atoms with Gasteiger partial charge in [0.15, 0.2) is 0 Å². The van der Waals surface area contributed by atoms with Crippen molar-refractivity contribution in [1.29, 1.82) is 0 Å². The van der Waals surface area contributed by atoms with Crippen LogP contribution >= 0.6 is 0 Å². The molecule has 0 saturated carbocycles. The highest BCUT2D eigenvalue weighted by molar-refractivity contribution is 7.89. The number of sulfonamides is 1. The molecule has 5 nitrogen and oxygen atoms in total. The molecule has 1 aromatic heterocycles. The van der Waals surface area contributed by atoms with Crippen LogP contribution in [0.5, 0.6) is 0 Å². The van der Waals surface area contributed by atoms with Crippen LogP contribution in [0.2, 0.25) is 0 Å². The van der Waals surface area contributed by atoms with E-state index in [1.807, 2.05) is 0 Å². The zero-order chi connectivity index (χ0) is 12.0. The lowest BCUT2D eigenvalue weighted by molar-refractivity contribution is 0.584.